The number of para-hydroxylation sites is 1. The molecule has 0 aliphatic heterocycles. The van der Waals surface area contributed by atoms with Crippen LogP contribution in [0.2, 0.25) is 0 Å². The van der Waals surface area contributed by atoms with Crippen LogP contribution < -0.4 is 31.9 Å². The molecule has 0 unspecified atom stereocenters. The van der Waals surface area contributed by atoms with Gasteiger partial charge in [0.15, 0.2) is 0 Å². The van der Waals surface area contributed by atoms with E-state index in [0.29, 0.717) is 28.7 Å². The van der Waals surface area contributed by atoms with Crippen molar-refractivity contribution < 1.29 is 57.3 Å². The van der Waals surface area contributed by atoms with Crippen LogP contribution in [0.3, 0.4) is 0 Å². The lowest BCUT2D eigenvalue weighted by atomic mass is 10.0. The lowest BCUT2D eigenvalue weighted by Crippen LogP contribution is -2.62. The van der Waals surface area contributed by atoms with Crippen molar-refractivity contribution in [3.8, 4) is 0 Å². The second-order valence-electron chi connectivity index (χ2n) is 24.6. The number of hydrogen-bond donors (Lipinski definition) is 7. The third-order valence-electron chi connectivity index (χ3n) is 14.6. The van der Waals surface area contributed by atoms with Gasteiger partial charge in [-0.2, -0.15) is 0 Å². The highest BCUT2D eigenvalue weighted by atomic mass is 16.6. The maximum Gasteiger partial charge on any atom is 0.408 e. The third-order valence-corrected chi connectivity index (χ3v) is 14.6. The number of amides is 7. The molecule has 1 heterocycles. The summed E-state index contributed by atoms with van der Waals surface area (Å²) < 4.78 is 23.1. The SMILES string of the molecule is C[C@@H](OC(C)(C)C)[C@H](NC(=O)[C@H](CCCCNC(=O)OC(C)(C)C)NC(=O)[C@@H](Cc1c[nH]c2ccccc12)NC(=O)OCc1ccccc1)C(=O)N[C@@H](Cc1ccccc1)C(=O)N(CC(=O)N[C@@H](Cc1ccccc1)C(=O)OCc1ccccc1)Cc1ccccc1. The Morgan fingerprint density at radius 3 is 1.58 bits per heavy atom. The molecular formula is C72H86N8O12. The first kappa shape index (κ1) is 69.7. The summed E-state index contributed by atoms with van der Waals surface area (Å²) in [7, 11) is 0. The molecular weight excluding hydrogens is 1170 g/mol. The molecule has 7 amide bonds. The Balaban J connectivity index is 1.18. The number of esters is 1. The molecule has 7 N–H and O–H groups in total. The Labute approximate surface area is 538 Å². The molecule has 0 saturated carbocycles. The van der Waals surface area contributed by atoms with Gasteiger partial charge < -0.3 is 60.7 Å². The molecule has 0 aliphatic rings. The van der Waals surface area contributed by atoms with E-state index in [-0.39, 0.29) is 58.4 Å². The van der Waals surface area contributed by atoms with Crippen molar-refractivity contribution in [3.63, 3.8) is 0 Å². The average Bonchev–Trinajstić information content (AvgIpc) is 1.87. The minimum Gasteiger partial charge on any atom is -0.459 e. The van der Waals surface area contributed by atoms with Crippen LogP contribution in [0.4, 0.5) is 9.59 Å². The van der Waals surface area contributed by atoms with Crippen LogP contribution in [0.5, 0.6) is 0 Å². The number of carbonyl (C=O) groups is 8. The molecule has 0 radical (unpaired) electrons. The third kappa shape index (κ3) is 23.5. The average molecular weight is 1260 g/mol. The second kappa shape index (κ2) is 34.4. The van der Waals surface area contributed by atoms with E-state index < -0.39 is 102 Å². The first-order chi connectivity index (χ1) is 44.0. The lowest BCUT2D eigenvalue weighted by molar-refractivity contribution is -0.149. The summed E-state index contributed by atoms with van der Waals surface area (Å²) in [6.45, 7) is 11.6. The minimum atomic E-state index is -1.53. The Hall–Kier alpha value is -9.82. The highest BCUT2D eigenvalue weighted by molar-refractivity contribution is 5.97. The van der Waals surface area contributed by atoms with Gasteiger partial charge in [0.05, 0.1) is 18.2 Å². The molecule has 7 aromatic rings. The summed E-state index contributed by atoms with van der Waals surface area (Å²) in [5, 5.41) is 17.8. The van der Waals surface area contributed by atoms with E-state index in [2.05, 4.69) is 36.9 Å². The molecule has 0 bridgehead atoms. The van der Waals surface area contributed by atoms with Crippen LogP contribution >= 0.6 is 0 Å². The molecule has 1 aromatic heterocycles. The molecule has 6 aromatic carbocycles. The number of nitrogens with one attached hydrogen (secondary N) is 7. The van der Waals surface area contributed by atoms with Gasteiger partial charge in [0, 0.05) is 49.5 Å². The number of benzene rings is 6. The first-order valence-electron chi connectivity index (χ1n) is 31.0. The highest BCUT2D eigenvalue weighted by Crippen LogP contribution is 2.21. The van der Waals surface area contributed by atoms with Crippen molar-refractivity contribution in [1.82, 2.24) is 41.8 Å². The molecule has 0 saturated heterocycles. The molecule has 20 heteroatoms. The fraction of sp³-hybridized carbons (Fsp3) is 0.361. The Bertz CT molecular complexity index is 3510. The zero-order valence-electron chi connectivity index (χ0n) is 53.4. The molecule has 0 fully saturated rings. The van der Waals surface area contributed by atoms with Crippen molar-refractivity contribution in [2.24, 2.45) is 0 Å². The van der Waals surface area contributed by atoms with Crippen LogP contribution in [-0.4, -0.2) is 118 Å². The number of rotatable bonds is 31. The fourth-order valence-electron chi connectivity index (χ4n) is 10.3. The molecule has 0 spiro atoms. The molecule has 20 nitrogen and oxygen atoms in total. The zero-order chi connectivity index (χ0) is 66.0. The van der Waals surface area contributed by atoms with Crippen molar-refractivity contribution in [2.45, 2.75) is 154 Å². The number of fused-ring (bicyclic) bond motifs is 1. The lowest BCUT2D eigenvalue weighted by Gasteiger charge is -2.33. The van der Waals surface area contributed by atoms with Gasteiger partial charge in [-0.3, -0.25) is 24.0 Å². The summed E-state index contributed by atoms with van der Waals surface area (Å²) in [5.74, 6) is -4.40. The number of aromatic nitrogens is 1. The van der Waals surface area contributed by atoms with E-state index in [0.717, 1.165) is 22.0 Å². The monoisotopic (exact) mass is 1250 g/mol. The van der Waals surface area contributed by atoms with Gasteiger partial charge in [-0.05, 0) is 107 Å². The highest BCUT2D eigenvalue weighted by Gasteiger charge is 2.38. The summed E-state index contributed by atoms with van der Waals surface area (Å²) >= 11 is 0. The van der Waals surface area contributed by atoms with Gasteiger partial charge in [-0.25, -0.2) is 14.4 Å². The number of hydrogen-bond acceptors (Lipinski definition) is 12. The van der Waals surface area contributed by atoms with E-state index in [9.17, 15) is 24.0 Å². The number of ether oxygens (including phenoxy) is 4. The van der Waals surface area contributed by atoms with Crippen LogP contribution in [0.1, 0.15) is 101 Å². The van der Waals surface area contributed by atoms with Crippen molar-refractivity contribution in [1.29, 1.82) is 0 Å². The second-order valence-corrected chi connectivity index (χ2v) is 24.6. The van der Waals surface area contributed by atoms with Gasteiger partial charge in [0.2, 0.25) is 29.5 Å². The number of alkyl carbamates (subject to hydrolysis) is 2. The van der Waals surface area contributed by atoms with Gasteiger partial charge in [-0.15, -0.1) is 0 Å². The zero-order valence-corrected chi connectivity index (χ0v) is 53.4. The van der Waals surface area contributed by atoms with Gasteiger partial charge >= 0.3 is 18.2 Å². The van der Waals surface area contributed by atoms with E-state index in [1.165, 1.54) is 4.90 Å². The van der Waals surface area contributed by atoms with Gasteiger partial charge in [0.1, 0.15) is 49.0 Å². The van der Waals surface area contributed by atoms with Crippen LogP contribution in [0.15, 0.2) is 182 Å². The largest absolute Gasteiger partial charge is 0.459 e. The molecule has 7 rings (SSSR count). The van der Waals surface area contributed by atoms with Crippen molar-refractivity contribution in [2.75, 3.05) is 13.1 Å². The standard InChI is InChI=1S/C72H86N8O12/c1-49(91-71(2,3)4)63(79-64(82)58(39-25-26-40-73-69(87)92-72(5,6)7)76-65(83)59(43-55-44-74-57-38-24-23-37-56(55)57)78-70(88)90-48-54-35-21-12-22-36-54)66(84)77-60(41-50-27-13-8-14-28-50)67(85)80(45-52-31-17-10-18-32-52)46-62(81)75-61(42-51-29-15-9-16-30-51)68(86)89-47-53-33-19-11-20-34-53/h8-24,27-38,44,49,58-61,63,74H,25-26,39-43,45-48H2,1-7H3,(H,73,87)(H,75,81)(H,76,83)(H,77,84)(H,78,88)(H,79,82)/t49-,58+,59-,60+,61+,63+/m1/s1. The molecule has 0 aliphatic carbocycles. The van der Waals surface area contributed by atoms with Crippen molar-refractivity contribution >= 4 is 58.6 Å². The fourth-order valence-corrected chi connectivity index (χ4v) is 10.3. The van der Waals surface area contributed by atoms with Crippen LogP contribution in [0.25, 0.3) is 10.9 Å². The number of nitrogens with zero attached hydrogens (tertiary/aromatic N) is 1. The normalized spacial score (nSPS) is 13.3. The van der Waals surface area contributed by atoms with E-state index in [1.807, 2.05) is 103 Å². The Morgan fingerprint density at radius 2 is 1.00 bits per heavy atom. The van der Waals surface area contributed by atoms with E-state index in [1.54, 1.807) is 127 Å². The smallest absolute Gasteiger partial charge is 0.408 e. The number of aromatic amines is 1. The topological polar surface area (TPSA) is 265 Å². The van der Waals surface area contributed by atoms with Crippen molar-refractivity contribution in [3.05, 3.63) is 216 Å². The summed E-state index contributed by atoms with van der Waals surface area (Å²) in [4.78, 5) is 120. The maximum absolute atomic E-state index is 15.5. The summed E-state index contributed by atoms with van der Waals surface area (Å²) in [6.07, 6.45) is -0.280. The van der Waals surface area contributed by atoms with Crippen LogP contribution in [0, 0.1) is 0 Å². The Kier molecular flexibility index (Phi) is 26.0. The molecule has 92 heavy (non-hydrogen) atoms. The van der Waals surface area contributed by atoms with Gasteiger partial charge in [-0.1, -0.05) is 170 Å². The van der Waals surface area contributed by atoms with E-state index in [4.69, 9.17) is 18.9 Å². The molecule has 486 valence electrons. The van der Waals surface area contributed by atoms with E-state index >= 15 is 14.4 Å². The molecule has 6 atom stereocenters. The predicted molar refractivity (Wildman–Crippen MR) is 350 cm³/mol. The minimum absolute atomic E-state index is 0.0166. The number of carbonyl (C=O) groups excluding carboxylic acids is 8. The van der Waals surface area contributed by atoms with Gasteiger partial charge in [0.25, 0.3) is 0 Å². The Morgan fingerprint density at radius 1 is 0.489 bits per heavy atom. The van der Waals surface area contributed by atoms with Crippen LogP contribution in [-0.2, 0) is 86.7 Å². The summed E-state index contributed by atoms with van der Waals surface area (Å²) in [6, 6.07) is 46.0. The quantitative estimate of drug-likeness (QED) is 0.0122. The number of unbranched alkanes of at least 4 members (excludes halogenated alkanes) is 1. The number of H-pyrrole nitrogens is 1. The predicted octanol–water partition coefficient (Wildman–Crippen LogP) is 9.10. The summed E-state index contributed by atoms with van der Waals surface area (Å²) in [5.41, 5.74) is 3.40. The maximum atomic E-state index is 15.5. The first-order valence-corrected chi connectivity index (χ1v) is 31.0.